The second-order valence-corrected chi connectivity index (χ2v) is 7.77. The van der Waals surface area contributed by atoms with Gasteiger partial charge in [-0.2, -0.15) is 5.10 Å². The number of hydrogen-bond acceptors (Lipinski definition) is 7. The number of hydrogen-bond donors (Lipinski definition) is 0. The van der Waals surface area contributed by atoms with Gasteiger partial charge in [0.15, 0.2) is 17.3 Å². The molecular weight excluding hydrogens is 396 g/mol. The zero-order valence-corrected chi connectivity index (χ0v) is 17.6. The van der Waals surface area contributed by atoms with Crippen LogP contribution in [0.1, 0.15) is 11.1 Å². The summed E-state index contributed by atoms with van der Waals surface area (Å²) in [4.78, 5) is 25.8. The molecule has 1 fully saturated rings. The Balaban J connectivity index is 1.24. The van der Waals surface area contributed by atoms with Crippen molar-refractivity contribution >= 4 is 11.7 Å². The summed E-state index contributed by atoms with van der Waals surface area (Å²) < 4.78 is 12.5. The van der Waals surface area contributed by atoms with Crippen LogP contribution in [0.5, 0.6) is 11.5 Å². The molecule has 0 atom stereocenters. The summed E-state index contributed by atoms with van der Waals surface area (Å²) >= 11 is 0. The molecule has 2 aromatic heterocycles. The van der Waals surface area contributed by atoms with Crippen LogP contribution in [0, 0.1) is 5.92 Å². The van der Waals surface area contributed by atoms with Crippen molar-refractivity contribution in [3.8, 4) is 17.3 Å². The van der Waals surface area contributed by atoms with Crippen molar-refractivity contribution in [1.82, 2.24) is 24.6 Å². The summed E-state index contributed by atoms with van der Waals surface area (Å²) in [6.45, 7) is 2.63. The van der Waals surface area contributed by atoms with Gasteiger partial charge in [-0.05, 0) is 35.7 Å². The van der Waals surface area contributed by atoms with E-state index < -0.39 is 0 Å². The van der Waals surface area contributed by atoms with E-state index in [4.69, 9.17) is 9.47 Å². The van der Waals surface area contributed by atoms with Crippen LogP contribution in [0.25, 0.3) is 5.82 Å². The number of nitrogens with zero attached hydrogens (tertiary/aromatic N) is 6. The Kier molecular flexibility index (Phi) is 4.93. The van der Waals surface area contributed by atoms with Gasteiger partial charge in [-0.15, -0.1) is 0 Å². The SMILES string of the molecule is COc1cc2c(cc1OC)CN(C(=O)C1CN(c3cc(-n4cccn4)ncn3)C1)CC2. The van der Waals surface area contributed by atoms with Crippen LogP contribution in [0.4, 0.5) is 5.82 Å². The minimum absolute atomic E-state index is 0.0233. The van der Waals surface area contributed by atoms with E-state index in [-0.39, 0.29) is 11.8 Å². The van der Waals surface area contributed by atoms with Gasteiger partial charge in [0.05, 0.1) is 20.1 Å². The van der Waals surface area contributed by atoms with Gasteiger partial charge >= 0.3 is 0 Å². The molecule has 1 saturated heterocycles. The maximum absolute atomic E-state index is 13.1. The molecule has 2 aliphatic rings. The molecule has 31 heavy (non-hydrogen) atoms. The van der Waals surface area contributed by atoms with Crippen LogP contribution < -0.4 is 14.4 Å². The fraction of sp³-hybridized carbons (Fsp3) is 0.364. The Labute approximate surface area is 180 Å². The summed E-state index contributed by atoms with van der Waals surface area (Å²) in [6.07, 6.45) is 5.90. The Morgan fingerprint density at radius 3 is 2.48 bits per heavy atom. The van der Waals surface area contributed by atoms with Crippen LogP contribution in [0.2, 0.25) is 0 Å². The molecule has 0 N–H and O–H groups in total. The Morgan fingerprint density at radius 1 is 1.03 bits per heavy atom. The van der Waals surface area contributed by atoms with E-state index >= 15 is 0 Å². The largest absolute Gasteiger partial charge is 0.493 e. The predicted molar refractivity (Wildman–Crippen MR) is 114 cm³/mol. The van der Waals surface area contributed by atoms with Gasteiger partial charge in [0.25, 0.3) is 0 Å². The first kappa shape index (κ1) is 19.3. The van der Waals surface area contributed by atoms with Crippen LogP contribution >= 0.6 is 0 Å². The second-order valence-electron chi connectivity index (χ2n) is 7.77. The van der Waals surface area contributed by atoms with Gasteiger partial charge in [0, 0.05) is 44.6 Å². The highest BCUT2D eigenvalue weighted by Crippen LogP contribution is 2.34. The molecule has 2 aliphatic heterocycles. The minimum atomic E-state index is -0.0233. The lowest BCUT2D eigenvalue weighted by Crippen LogP contribution is -2.55. The van der Waals surface area contributed by atoms with Crippen LogP contribution in [0.15, 0.2) is 43.0 Å². The number of benzene rings is 1. The number of amides is 1. The Bertz CT molecular complexity index is 1090. The predicted octanol–water partition coefficient (Wildman–Crippen LogP) is 1.70. The maximum Gasteiger partial charge on any atom is 0.229 e. The molecular formula is C22H24N6O3. The van der Waals surface area contributed by atoms with Crippen molar-refractivity contribution in [2.24, 2.45) is 5.92 Å². The van der Waals surface area contributed by atoms with Crippen LogP contribution in [0.3, 0.4) is 0 Å². The number of carbonyl (C=O) groups excluding carboxylic acids is 1. The molecule has 1 amide bonds. The number of aromatic nitrogens is 4. The molecule has 0 aliphatic carbocycles. The number of methoxy groups -OCH3 is 2. The average molecular weight is 420 g/mol. The Hall–Kier alpha value is -3.62. The number of fused-ring (bicyclic) bond motifs is 1. The molecule has 1 aromatic carbocycles. The Morgan fingerprint density at radius 2 is 1.77 bits per heavy atom. The van der Waals surface area contributed by atoms with Gasteiger partial charge in [0.2, 0.25) is 5.91 Å². The van der Waals surface area contributed by atoms with Crippen molar-refractivity contribution in [2.75, 3.05) is 38.8 Å². The topological polar surface area (TPSA) is 85.6 Å². The van der Waals surface area contributed by atoms with Gasteiger partial charge in [-0.25, -0.2) is 14.6 Å². The van der Waals surface area contributed by atoms with E-state index in [2.05, 4.69) is 20.0 Å². The smallest absolute Gasteiger partial charge is 0.229 e. The average Bonchev–Trinajstić information content (AvgIpc) is 3.32. The first-order valence-electron chi connectivity index (χ1n) is 10.3. The third-order valence-corrected chi connectivity index (χ3v) is 5.96. The van der Waals surface area contributed by atoms with E-state index in [1.165, 1.54) is 11.9 Å². The molecule has 3 aromatic rings. The van der Waals surface area contributed by atoms with Crippen molar-refractivity contribution in [3.63, 3.8) is 0 Å². The lowest BCUT2D eigenvalue weighted by atomic mass is 9.94. The lowest BCUT2D eigenvalue weighted by molar-refractivity contribution is -0.137. The van der Waals surface area contributed by atoms with Crippen molar-refractivity contribution < 1.29 is 14.3 Å². The first-order valence-corrected chi connectivity index (χ1v) is 10.3. The molecule has 0 unspecified atom stereocenters. The quantitative estimate of drug-likeness (QED) is 0.621. The summed E-state index contributed by atoms with van der Waals surface area (Å²) in [7, 11) is 3.27. The van der Waals surface area contributed by atoms with Gasteiger partial charge in [-0.3, -0.25) is 4.79 Å². The fourth-order valence-corrected chi connectivity index (χ4v) is 4.19. The van der Waals surface area contributed by atoms with Crippen LogP contribution in [-0.4, -0.2) is 64.4 Å². The van der Waals surface area contributed by atoms with E-state index in [0.717, 1.165) is 30.1 Å². The summed E-state index contributed by atoms with van der Waals surface area (Å²) in [5.41, 5.74) is 2.33. The minimum Gasteiger partial charge on any atom is -0.493 e. The molecule has 9 heteroatoms. The van der Waals surface area contributed by atoms with E-state index in [1.807, 2.05) is 35.4 Å². The number of rotatable bonds is 5. The van der Waals surface area contributed by atoms with Gasteiger partial charge < -0.3 is 19.3 Å². The van der Waals surface area contributed by atoms with E-state index in [9.17, 15) is 4.79 Å². The molecule has 0 saturated carbocycles. The normalized spacial score (nSPS) is 15.9. The zero-order valence-electron chi connectivity index (χ0n) is 17.6. The van der Waals surface area contributed by atoms with E-state index in [0.29, 0.717) is 31.2 Å². The number of ether oxygens (including phenoxy) is 2. The highest BCUT2D eigenvalue weighted by atomic mass is 16.5. The highest BCUT2D eigenvalue weighted by molar-refractivity contribution is 5.82. The molecule has 0 bridgehead atoms. The van der Waals surface area contributed by atoms with Crippen LogP contribution in [-0.2, 0) is 17.8 Å². The van der Waals surface area contributed by atoms with Crippen molar-refractivity contribution in [3.05, 3.63) is 54.1 Å². The molecule has 9 nitrogen and oxygen atoms in total. The molecule has 4 heterocycles. The van der Waals surface area contributed by atoms with E-state index in [1.54, 1.807) is 25.1 Å². The highest BCUT2D eigenvalue weighted by Gasteiger charge is 2.37. The van der Waals surface area contributed by atoms with Crippen molar-refractivity contribution in [2.45, 2.75) is 13.0 Å². The number of anilines is 1. The van der Waals surface area contributed by atoms with Crippen molar-refractivity contribution in [1.29, 1.82) is 0 Å². The number of carbonyl (C=O) groups is 1. The van der Waals surface area contributed by atoms with Gasteiger partial charge in [-0.1, -0.05) is 0 Å². The molecule has 5 rings (SSSR count). The maximum atomic E-state index is 13.1. The second kappa shape index (κ2) is 7.90. The fourth-order valence-electron chi connectivity index (χ4n) is 4.19. The molecule has 0 radical (unpaired) electrons. The summed E-state index contributed by atoms with van der Waals surface area (Å²) in [6, 6.07) is 7.75. The standard InChI is InChI=1S/C22H24N6O3/c1-30-18-8-15-4-7-26(11-16(15)9-19(18)31-2)22(29)17-12-27(13-17)20-10-21(24-14-23-20)28-6-3-5-25-28/h3,5-6,8-10,14,17H,4,7,11-13H2,1-2H3. The summed E-state index contributed by atoms with van der Waals surface area (Å²) in [5.74, 6) is 3.12. The zero-order chi connectivity index (χ0) is 21.4. The first-order chi connectivity index (χ1) is 15.2. The van der Waals surface area contributed by atoms with Gasteiger partial charge in [0.1, 0.15) is 12.1 Å². The monoisotopic (exact) mass is 420 g/mol. The molecule has 160 valence electrons. The summed E-state index contributed by atoms with van der Waals surface area (Å²) in [5, 5.41) is 4.21. The third-order valence-electron chi connectivity index (χ3n) is 5.96. The molecule has 0 spiro atoms. The third kappa shape index (κ3) is 3.56. The lowest BCUT2D eigenvalue weighted by Gasteiger charge is -2.42.